The molecule has 0 fully saturated rings. The van der Waals surface area contributed by atoms with Crippen molar-refractivity contribution in [3.05, 3.63) is 30.3 Å². The van der Waals surface area contributed by atoms with E-state index in [1.807, 2.05) is 30.3 Å². The van der Waals surface area contributed by atoms with Crippen molar-refractivity contribution < 1.29 is 10.1 Å². The Balaban J connectivity index is 2.28. The van der Waals surface area contributed by atoms with Gasteiger partial charge in [-0.1, -0.05) is 39.8 Å². The van der Waals surface area contributed by atoms with E-state index in [2.05, 4.69) is 4.89 Å². The molecule has 0 aliphatic rings. The maximum atomic E-state index is 8.01. The van der Waals surface area contributed by atoms with Crippen LogP contribution < -0.4 is 0 Å². The van der Waals surface area contributed by atoms with Gasteiger partial charge in [-0.3, -0.25) is 5.26 Å². The van der Waals surface area contributed by atoms with Crippen LogP contribution in [0.5, 0.6) is 0 Å². The molecule has 0 amide bonds. The summed E-state index contributed by atoms with van der Waals surface area (Å²) in [6.07, 6.45) is 0. The molecule has 0 aromatic heterocycles. The maximum absolute atomic E-state index is 8.01. The average Bonchev–Trinajstić information content (AvgIpc) is 2.07. The predicted octanol–water partition coefficient (Wildman–Crippen LogP) is 2.87. The Morgan fingerprint density at radius 2 is 2.00 bits per heavy atom. The molecule has 1 aromatic carbocycles. The van der Waals surface area contributed by atoms with E-state index < -0.39 is 0 Å². The van der Waals surface area contributed by atoms with E-state index in [1.54, 1.807) is 10.8 Å². The molecule has 4 heteroatoms. The molecule has 11 heavy (non-hydrogen) atoms. The van der Waals surface area contributed by atoms with Crippen molar-refractivity contribution in [2.45, 2.75) is 4.90 Å². The van der Waals surface area contributed by atoms with Crippen molar-refractivity contribution in [3.8, 4) is 0 Å². The molecule has 1 aromatic rings. The van der Waals surface area contributed by atoms with Gasteiger partial charge in [0.15, 0.2) is 0 Å². The summed E-state index contributed by atoms with van der Waals surface area (Å²) in [5.74, 6) is 0.291. The highest BCUT2D eigenvalue weighted by atomic mass is 33.1. The Bertz CT molecular complexity index is 191. The fraction of sp³-hybridized carbons (Fsp3) is 0.143. The number of hydrogen-bond acceptors (Lipinski definition) is 4. The summed E-state index contributed by atoms with van der Waals surface area (Å²) in [5.41, 5.74) is 0. The third kappa shape index (κ3) is 3.67. The van der Waals surface area contributed by atoms with Crippen molar-refractivity contribution in [2.75, 3.05) is 5.94 Å². The molecule has 1 N–H and O–H groups in total. The standard InChI is InChI=1S/C7H8O2S2/c8-9-6-10-11-7-4-2-1-3-5-7/h1-5,8H,6H2. The number of hydrogen-bond donors (Lipinski definition) is 1. The number of benzene rings is 1. The first-order valence-corrected chi connectivity index (χ1v) is 5.36. The Hall–Kier alpha value is -0.160. The first-order chi connectivity index (χ1) is 5.43. The van der Waals surface area contributed by atoms with Crippen molar-refractivity contribution in [3.63, 3.8) is 0 Å². The summed E-state index contributed by atoms with van der Waals surface area (Å²) < 4.78 is 0. The topological polar surface area (TPSA) is 29.5 Å². The molecule has 60 valence electrons. The summed E-state index contributed by atoms with van der Waals surface area (Å²) in [4.78, 5) is 5.07. The molecule has 0 aliphatic carbocycles. The van der Waals surface area contributed by atoms with E-state index in [-0.39, 0.29) is 0 Å². The van der Waals surface area contributed by atoms with E-state index in [1.165, 1.54) is 10.8 Å². The molecule has 0 unspecified atom stereocenters. The molecular formula is C7H8O2S2. The largest absolute Gasteiger partial charge is 0.251 e. The van der Waals surface area contributed by atoms with E-state index in [9.17, 15) is 0 Å². The van der Waals surface area contributed by atoms with Crippen molar-refractivity contribution >= 4 is 21.6 Å². The minimum Gasteiger partial charge on any atom is -0.251 e. The lowest BCUT2D eigenvalue weighted by molar-refractivity contribution is -0.222. The second-order valence-corrected chi connectivity index (χ2v) is 4.08. The Kier molecular flexibility index (Phi) is 4.45. The lowest BCUT2D eigenvalue weighted by atomic mass is 10.4. The van der Waals surface area contributed by atoms with Crippen LogP contribution in [0.3, 0.4) is 0 Å². The first kappa shape index (κ1) is 8.93. The van der Waals surface area contributed by atoms with E-state index >= 15 is 0 Å². The van der Waals surface area contributed by atoms with Crippen LogP contribution in [0.4, 0.5) is 0 Å². The number of rotatable bonds is 4. The third-order valence-electron chi connectivity index (χ3n) is 0.999. The van der Waals surface area contributed by atoms with E-state index in [4.69, 9.17) is 5.26 Å². The van der Waals surface area contributed by atoms with Gasteiger partial charge in [0, 0.05) is 4.90 Å². The fourth-order valence-electron chi connectivity index (χ4n) is 0.590. The zero-order valence-electron chi connectivity index (χ0n) is 5.77. The molecule has 0 aliphatic heterocycles. The van der Waals surface area contributed by atoms with Gasteiger partial charge < -0.3 is 0 Å². The van der Waals surface area contributed by atoms with Gasteiger partial charge >= 0.3 is 0 Å². The van der Waals surface area contributed by atoms with Crippen LogP contribution in [0.15, 0.2) is 35.2 Å². The minimum absolute atomic E-state index is 0.291. The van der Waals surface area contributed by atoms with Crippen LogP contribution >= 0.6 is 21.6 Å². The first-order valence-electron chi connectivity index (χ1n) is 3.04. The molecule has 0 saturated heterocycles. The van der Waals surface area contributed by atoms with Gasteiger partial charge in [0.2, 0.25) is 0 Å². The van der Waals surface area contributed by atoms with Gasteiger partial charge in [0.1, 0.15) is 5.94 Å². The quantitative estimate of drug-likeness (QED) is 0.259. The molecule has 0 atom stereocenters. The third-order valence-corrected chi connectivity index (χ3v) is 3.00. The molecule has 1 rings (SSSR count). The molecule has 0 spiro atoms. The van der Waals surface area contributed by atoms with E-state index in [0.29, 0.717) is 5.94 Å². The molecule has 0 bridgehead atoms. The van der Waals surface area contributed by atoms with Gasteiger partial charge in [-0.05, 0) is 12.1 Å². The van der Waals surface area contributed by atoms with Crippen molar-refractivity contribution in [1.82, 2.24) is 0 Å². The second-order valence-electron chi connectivity index (χ2n) is 1.76. The zero-order chi connectivity index (χ0) is 7.94. The summed E-state index contributed by atoms with van der Waals surface area (Å²) in [5, 5.41) is 8.01. The van der Waals surface area contributed by atoms with Crippen molar-refractivity contribution in [2.24, 2.45) is 0 Å². The van der Waals surface area contributed by atoms with Gasteiger partial charge in [-0.25, -0.2) is 4.89 Å². The molecule has 0 heterocycles. The fourth-order valence-corrected chi connectivity index (χ4v) is 2.10. The Morgan fingerprint density at radius 3 is 2.64 bits per heavy atom. The van der Waals surface area contributed by atoms with Crippen LogP contribution in [0, 0.1) is 0 Å². The van der Waals surface area contributed by atoms with E-state index in [0.717, 1.165) is 4.90 Å². The highest BCUT2D eigenvalue weighted by molar-refractivity contribution is 8.76. The predicted molar refractivity (Wildman–Crippen MR) is 48.5 cm³/mol. The normalized spacial score (nSPS) is 9.91. The molecule has 0 saturated carbocycles. The second kappa shape index (κ2) is 5.49. The van der Waals surface area contributed by atoms with Gasteiger partial charge in [0.05, 0.1) is 0 Å². The molecular weight excluding hydrogens is 180 g/mol. The Labute approximate surface area is 73.3 Å². The van der Waals surface area contributed by atoms with Crippen LogP contribution in [0.2, 0.25) is 0 Å². The summed E-state index contributed by atoms with van der Waals surface area (Å²) >= 11 is 0. The van der Waals surface area contributed by atoms with Crippen molar-refractivity contribution in [1.29, 1.82) is 0 Å². The molecule has 0 radical (unpaired) electrons. The summed E-state index contributed by atoms with van der Waals surface area (Å²) in [6, 6.07) is 9.94. The smallest absolute Gasteiger partial charge is 0.138 e. The van der Waals surface area contributed by atoms with Gasteiger partial charge in [0.25, 0.3) is 0 Å². The lowest BCUT2D eigenvalue weighted by Gasteiger charge is -1.96. The van der Waals surface area contributed by atoms with Crippen LogP contribution in [-0.4, -0.2) is 11.2 Å². The summed E-state index contributed by atoms with van der Waals surface area (Å²) in [6.45, 7) is 0. The maximum Gasteiger partial charge on any atom is 0.138 e. The monoisotopic (exact) mass is 188 g/mol. The molecule has 2 nitrogen and oxygen atoms in total. The van der Waals surface area contributed by atoms with Crippen LogP contribution in [0.1, 0.15) is 0 Å². The highest BCUT2D eigenvalue weighted by Gasteiger charge is 1.91. The van der Waals surface area contributed by atoms with Crippen LogP contribution in [0.25, 0.3) is 0 Å². The van der Waals surface area contributed by atoms with Gasteiger partial charge in [-0.15, -0.1) is 0 Å². The zero-order valence-corrected chi connectivity index (χ0v) is 7.40. The average molecular weight is 188 g/mol. The minimum atomic E-state index is 0.291. The van der Waals surface area contributed by atoms with Crippen LogP contribution in [-0.2, 0) is 4.89 Å². The van der Waals surface area contributed by atoms with Gasteiger partial charge in [-0.2, -0.15) is 0 Å². The highest BCUT2D eigenvalue weighted by Crippen LogP contribution is 2.29. The SMILES string of the molecule is OOCSSc1ccccc1. The summed E-state index contributed by atoms with van der Waals surface area (Å²) in [7, 11) is 3.03. The Morgan fingerprint density at radius 1 is 1.27 bits per heavy atom. The lowest BCUT2D eigenvalue weighted by Crippen LogP contribution is -1.77.